The van der Waals surface area contributed by atoms with Gasteiger partial charge in [-0.2, -0.15) is 0 Å². The molecule has 2 aliphatic carbocycles. The van der Waals surface area contributed by atoms with Gasteiger partial charge in [-0.15, -0.1) is 0 Å². The number of benzene rings is 1. The van der Waals surface area contributed by atoms with Crippen molar-refractivity contribution in [2.75, 3.05) is 0 Å². The highest BCUT2D eigenvalue weighted by Crippen LogP contribution is 2.46. The number of aliphatic hydroxyl groups is 1. The molecule has 0 radical (unpaired) electrons. The summed E-state index contributed by atoms with van der Waals surface area (Å²) in [7, 11) is 0. The molecule has 2 aromatic rings. The summed E-state index contributed by atoms with van der Waals surface area (Å²) in [5.41, 5.74) is 3.97. The predicted molar refractivity (Wildman–Crippen MR) is 104 cm³/mol. The molecular formula is C21H19Cl2NO2. The van der Waals surface area contributed by atoms with Gasteiger partial charge in [-0.05, 0) is 60.6 Å². The van der Waals surface area contributed by atoms with Crippen molar-refractivity contribution in [1.29, 1.82) is 0 Å². The molecule has 2 aliphatic rings. The number of pyridine rings is 1. The van der Waals surface area contributed by atoms with E-state index in [-0.39, 0.29) is 23.4 Å². The van der Waals surface area contributed by atoms with E-state index in [1.54, 1.807) is 6.07 Å². The zero-order valence-electron chi connectivity index (χ0n) is 14.4. The standard InChI is InChI=1S/C21H19Cl2NO2/c1-2-11-3-4-12(15-7-8-17(22)24-21(15)23)10-16(11)18-19(25)13-5-6-14(9-13)20(18)26/h3-4,7-8,10,13-14,25H,2,5-6,9H2,1H3. The monoisotopic (exact) mass is 387 g/mol. The van der Waals surface area contributed by atoms with Crippen LogP contribution in [0.5, 0.6) is 0 Å². The first-order valence-corrected chi connectivity index (χ1v) is 9.68. The summed E-state index contributed by atoms with van der Waals surface area (Å²) in [5, 5.41) is 11.4. The van der Waals surface area contributed by atoms with Crippen LogP contribution < -0.4 is 0 Å². The van der Waals surface area contributed by atoms with Crippen LogP contribution in [0.15, 0.2) is 36.1 Å². The molecule has 3 nitrogen and oxygen atoms in total. The number of hydrogen-bond acceptors (Lipinski definition) is 3. The molecule has 134 valence electrons. The van der Waals surface area contributed by atoms with Crippen molar-refractivity contribution in [2.45, 2.75) is 32.6 Å². The largest absolute Gasteiger partial charge is 0.511 e. The van der Waals surface area contributed by atoms with Crippen LogP contribution in [0.1, 0.15) is 37.3 Å². The third-order valence-electron chi connectivity index (χ3n) is 5.58. The quantitative estimate of drug-likeness (QED) is 0.668. The van der Waals surface area contributed by atoms with Gasteiger partial charge in [0, 0.05) is 17.4 Å². The Hall–Kier alpha value is -1.84. The number of aliphatic hydroxyl groups excluding tert-OH is 1. The molecule has 1 aromatic heterocycles. The molecule has 1 aromatic carbocycles. The van der Waals surface area contributed by atoms with Crippen LogP contribution in [0.3, 0.4) is 0 Å². The number of carbonyl (C=O) groups excluding carboxylic acids is 1. The number of Topliss-reactive ketones (excluding diaryl/α,β-unsaturated/α-hetero) is 1. The van der Waals surface area contributed by atoms with Gasteiger partial charge in [0.25, 0.3) is 0 Å². The fourth-order valence-corrected chi connectivity index (χ4v) is 4.64. The Balaban J connectivity index is 1.88. The van der Waals surface area contributed by atoms with Gasteiger partial charge in [0.15, 0.2) is 5.78 Å². The molecule has 26 heavy (non-hydrogen) atoms. The van der Waals surface area contributed by atoms with E-state index in [9.17, 15) is 9.90 Å². The molecule has 5 heteroatoms. The lowest BCUT2D eigenvalue weighted by atomic mass is 9.81. The van der Waals surface area contributed by atoms with E-state index in [2.05, 4.69) is 11.9 Å². The summed E-state index contributed by atoms with van der Waals surface area (Å²) >= 11 is 12.2. The molecule has 1 fully saturated rings. The highest BCUT2D eigenvalue weighted by molar-refractivity contribution is 6.34. The number of fused-ring (bicyclic) bond motifs is 2. The van der Waals surface area contributed by atoms with Gasteiger partial charge in [-0.25, -0.2) is 4.98 Å². The van der Waals surface area contributed by atoms with Gasteiger partial charge >= 0.3 is 0 Å². The van der Waals surface area contributed by atoms with E-state index in [0.717, 1.165) is 47.9 Å². The molecule has 2 atom stereocenters. The van der Waals surface area contributed by atoms with Gasteiger partial charge in [0.1, 0.15) is 16.1 Å². The summed E-state index contributed by atoms with van der Waals surface area (Å²) in [6.07, 6.45) is 3.31. The van der Waals surface area contributed by atoms with Gasteiger partial charge in [-0.1, -0.05) is 42.3 Å². The number of halogens is 2. The Kier molecular flexibility index (Phi) is 4.54. The fraction of sp³-hybridized carbons (Fsp3) is 0.333. The van der Waals surface area contributed by atoms with E-state index in [1.165, 1.54) is 0 Å². The van der Waals surface area contributed by atoms with Crippen molar-refractivity contribution < 1.29 is 9.90 Å². The lowest BCUT2D eigenvalue weighted by molar-refractivity contribution is -0.117. The van der Waals surface area contributed by atoms with Gasteiger partial charge in [0.2, 0.25) is 0 Å². The summed E-state index contributed by atoms with van der Waals surface area (Å²) in [6.45, 7) is 2.05. The van der Waals surface area contributed by atoms with Crippen LogP contribution in [0, 0.1) is 11.8 Å². The second-order valence-electron chi connectivity index (χ2n) is 7.03. The minimum Gasteiger partial charge on any atom is -0.511 e. The van der Waals surface area contributed by atoms with E-state index < -0.39 is 0 Å². The number of hydrogen-bond donors (Lipinski definition) is 1. The van der Waals surface area contributed by atoms with Crippen LogP contribution in [-0.4, -0.2) is 15.9 Å². The van der Waals surface area contributed by atoms with E-state index in [1.807, 2.05) is 24.3 Å². The number of carbonyl (C=O) groups is 1. The number of ketones is 1. The van der Waals surface area contributed by atoms with E-state index in [4.69, 9.17) is 23.2 Å². The van der Waals surface area contributed by atoms with Gasteiger partial charge < -0.3 is 5.11 Å². The first-order valence-electron chi connectivity index (χ1n) is 8.92. The topological polar surface area (TPSA) is 50.2 Å². The second kappa shape index (κ2) is 6.71. The van der Waals surface area contributed by atoms with Crippen molar-refractivity contribution in [3.8, 4) is 11.1 Å². The molecule has 0 spiro atoms. The molecule has 1 N–H and O–H groups in total. The Morgan fingerprint density at radius 1 is 1.12 bits per heavy atom. The molecule has 0 amide bonds. The Morgan fingerprint density at radius 2 is 1.88 bits per heavy atom. The van der Waals surface area contributed by atoms with Crippen molar-refractivity contribution >= 4 is 34.6 Å². The minimum absolute atomic E-state index is 0.0417. The number of nitrogens with zero attached hydrogens (tertiary/aromatic N) is 1. The molecule has 0 aliphatic heterocycles. The molecule has 1 saturated carbocycles. The first-order chi connectivity index (χ1) is 12.5. The third-order valence-corrected chi connectivity index (χ3v) is 6.08. The summed E-state index contributed by atoms with van der Waals surface area (Å²) in [5.74, 6) is 0.487. The third kappa shape index (κ3) is 2.83. The van der Waals surface area contributed by atoms with E-state index in [0.29, 0.717) is 15.9 Å². The van der Waals surface area contributed by atoms with Crippen LogP contribution in [0.2, 0.25) is 10.3 Å². The maximum atomic E-state index is 12.9. The number of aromatic nitrogens is 1. The zero-order chi connectivity index (χ0) is 18.4. The lowest BCUT2D eigenvalue weighted by Gasteiger charge is -2.23. The first kappa shape index (κ1) is 17.6. The number of aryl methyl sites for hydroxylation is 1. The molecule has 1 heterocycles. The molecule has 2 bridgehead atoms. The smallest absolute Gasteiger partial charge is 0.169 e. The highest BCUT2D eigenvalue weighted by atomic mass is 35.5. The summed E-state index contributed by atoms with van der Waals surface area (Å²) < 4.78 is 0. The second-order valence-corrected chi connectivity index (χ2v) is 7.77. The average molecular weight is 388 g/mol. The van der Waals surface area contributed by atoms with Crippen LogP contribution >= 0.6 is 23.2 Å². The lowest BCUT2D eigenvalue weighted by Crippen LogP contribution is -2.22. The van der Waals surface area contributed by atoms with Gasteiger partial charge in [0.05, 0.1) is 5.57 Å². The fourth-order valence-electron chi connectivity index (χ4n) is 4.19. The Morgan fingerprint density at radius 3 is 2.62 bits per heavy atom. The maximum Gasteiger partial charge on any atom is 0.169 e. The van der Waals surface area contributed by atoms with Crippen molar-refractivity contribution in [2.24, 2.45) is 11.8 Å². The number of allylic oxidation sites excluding steroid dienone is 2. The SMILES string of the molecule is CCc1ccc(-c2ccc(Cl)nc2Cl)cc1C1=C(O)C2CCC(C2)C1=O. The number of rotatable bonds is 3. The van der Waals surface area contributed by atoms with Gasteiger partial charge in [-0.3, -0.25) is 4.79 Å². The highest BCUT2D eigenvalue weighted by Gasteiger charge is 2.41. The molecular weight excluding hydrogens is 369 g/mol. The molecule has 0 saturated heterocycles. The average Bonchev–Trinajstić information content (AvgIpc) is 3.07. The van der Waals surface area contributed by atoms with Crippen molar-refractivity contribution in [3.05, 3.63) is 57.5 Å². The summed E-state index contributed by atoms with van der Waals surface area (Å²) in [6, 6.07) is 9.43. The minimum atomic E-state index is 0.0417. The molecule has 2 unspecified atom stereocenters. The van der Waals surface area contributed by atoms with Crippen LogP contribution in [0.25, 0.3) is 16.7 Å². The van der Waals surface area contributed by atoms with Crippen LogP contribution in [-0.2, 0) is 11.2 Å². The normalized spacial score (nSPS) is 22.2. The molecule has 4 rings (SSSR count). The van der Waals surface area contributed by atoms with E-state index >= 15 is 0 Å². The Bertz CT molecular complexity index is 936. The van der Waals surface area contributed by atoms with Crippen molar-refractivity contribution in [3.63, 3.8) is 0 Å². The van der Waals surface area contributed by atoms with Crippen LogP contribution in [0.4, 0.5) is 0 Å². The predicted octanol–water partition coefficient (Wildman–Crippen LogP) is 5.89. The Labute approximate surface area is 162 Å². The van der Waals surface area contributed by atoms with Crippen molar-refractivity contribution in [1.82, 2.24) is 4.98 Å². The maximum absolute atomic E-state index is 12.9. The zero-order valence-corrected chi connectivity index (χ0v) is 15.9. The summed E-state index contributed by atoms with van der Waals surface area (Å²) in [4.78, 5) is 17.0.